The summed E-state index contributed by atoms with van der Waals surface area (Å²) in [6.45, 7) is 7.43. The lowest BCUT2D eigenvalue weighted by atomic mass is 9.89. The van der Waals surface area contributed by atoms with Crippen LogP contribution in [0.2, 0.25) is 0 Å². The highest BCUT2D eigenvalue weighted by Crippen LogP contribution is 2.57. The molecule has 1 amide bonds. The minimum Gasteiger partial charge on any atom is -0.393 e. The maximum Gasteiger partial charge on any atom is 0.233 e. The van der Waals surface area contributed by atoms with Gasteiger partial charge in [0, 0.05) is 19.0 Å². The zero-order chi connectivity index (χ0) is 14.8. The first-order valence-electron chi connectivity index (χ1n) is 7.64. The Hall–Kier alpha value is -1.35. The Bertz CT molecular complexity index is 455. The van der Waals surface area contributed by atoms with Gasteiger partial charge in [0.2, 0.25) is 5.91 Å². The Kier molecular flexibility index (Phi) is 4.48. The molecular formula is C17H25NO2. The summed E-state index contributed by atoms with van der Waals surface area (Å²) in [4.78, 5) is 14.8. The lowest BCUT2D eigenvalue weighted by Crippen LogP contribution is -2.41. The van der Waals surface area contributed by atoms with Crippen molar-refractivity contribution < 1.29 is 9.90 Å². The third-order valence-electron chi connectivity index (χ3n) is 4.62. The van der Waals surface area contributed by atoms with Crippen LogP contribution in [0.15, 0.2) is 30.3 Å². The van der Waals surface area contributed by atoms with E-state index in [-0.39, 0.29) is 11.8 Å². The Morgan fingerprint density at radius 1 is 1.30 bits per heavy atom. The molecule has 0 saturated heterocycles. The summed E-state index contributed by atoms with van der Waals surface area (Å²) in [7, 11) is 0. The van der Waals surface area contributed by atoms with E-state index in [1.165, 1.54) is 0 Å². The molecule has 0 radical (unpaired) electrons. The molecular weight excluding hydrogens is 250 g/mol. The largest absolute Gasteiger partial charge is 0.393 e. The zero-order valence-electron chi connectivity index (χ0n) is 12.7. The average Bonchev–Trinajstić information content (AvgIpc) is 3.25. The number of hydrogen-bond acceptors (Lipinski definition) is 2. The van der Waals surface area contributed by atoms with Gasteiger partial charge in [-0.25, -0.2) is 0 Å². The van der Waals surface area contributed by atoms with Crippen molar-refractivity contribution in [2.45, 2.75) is 45.1 Å². The summed E-state index contributed by atoms with van der Waals surface area (Å²) in [5.74, 6) is 0.231. The highest BCUT2D eigenvalue weighted by molar-refractivity contribution is 5.92. The summed E-state index contributed by atoms with van der Waals surface area (Å²) in [6.07, 6.45) is 1.07. The van der Waals surface area contributed by atoms with Crippen LogP contribution in [0, 0.1) is 5.92 Å². The van der Waals surface area contributed by atoms with Crippen molar-refractivity contribution in [3.8, 4) is 0 Å². The number of likely N-dealkylation sites (N-methyl/N-ethyl adjacent to an activating group) is 1. The van der Waals surface area contributed by atoms with Crippen LogP contribution in [0.3, 0.4) is 0 Å². The number of carbonyl (C=O) groups excluding carboxylic acids is 1. The number of aliphatic hydroxyl groups excluding tert-OH is 1. The number of rotatable bonds is 6. The Labute approximate surface area is 121 Å². The molecule has 0 aromatic heterocycles. The lowest BCUT2D eigenvalue weighted by Gasteiger charge is -2.27. The van der Waals surface area contributed by atoms with Crippen LogP contribution in [0.1, 0.15) is 39.2 Å². The Balaban J connectivity index is 2.35. The summed E-state index contributed by atoms with van der Waals surface area (Å²) in [5, 5.41) is 10.2. The number of aliphatic hydroxyl groups is 1. The molecule has 1 saturated carbocycles. The van der Waals surface area contributed by atoms with Gasteiger partial charge in [-0.3, -0.25) is 4.79 Å². The van der Waals surface area contributed by atoms with Gasteiger partial charge in [-0.1, -0.05) is 37.3 Å². The van der Waals surface area contributed by atoms with Gasteiger partial charge < -0.3 is 10.0 Å². The summed E-state index contributed by atoms with van der Waals surface area (Å²) >= 11 is 0. The van der Waals surface area contributed by atoms with Crippen LogP contribution in [-0.2, 0) is 10.2 Å². The fourth-order valence-corrected chi connectivity index (χ4v) is 3.27. The maximum absolute atomic E-state index is 12.9. The second kappa shape index (κ2) is 5.96. The zero-order valence-corrected chi connectivity index (χ0v) is 12.7. The molecule has 0 heterocycles. The molecule has 1 aromatic rings. The van der Waals surface area contributed by atoms with E-state index in [9.17, 15) is 9.90 Å². The molecule has 1 aliphatic carbocycles. The molecule has 3 atom stereocenters. The minimum atomic E-state index is -0.497. The molecule has 110 valence electrons. The molecule has 0 aliphatic heterocycles. The summed E-state index contributed by atoms with van der Waals surface area (Å²) < 4.78 is 0. The summed E-state index contributed by atoms with van der Waals surface area (Å²) in [5.41, 5.74) is 0.553. The van der Waals surface area contributed by atoms with Gasteiger partial charge in [-0.15, -0.1) is 0 Å². The fourth-order valence-electron chi connectivity index (χ4n) is 3.27. The maximum atomic E-state index is 12.9. The van der Waals surface area contributed by atoms with Crippen LogP contribution >= 0.6 is 0 Å². The molecule has 3 heteroatoms. The van der Waals surface area contributed by atoms with Crippen LogP contribution in [0.5, 0.6) is 0 Å². The number of amides is 1. The molecule has 1 fully saturated rings. The fraction of sp³-hybridized carbons (Fsp3) is 0.588. The molecule has 3 nitrogen and oxygen atoms in total. The van der Waals surface area contributed by atoms with E-state index in [0.717, 1.165) is 25.1 Å². The molecule has 0 spiro atoms. The third kappa shape index (κ3) is 2.35. The third-order valence-corrected chi connectivity index (χ3v) is 4.62. The second-order valence-electron chi connectivity index (χ2n) is 5.60. The van der Waals surface area contributed by atoms with Gasteiger partial charge in [-0.05, 0) is 32.3 Å². The van der Waals surface area contributed by atoms with Crippen LogP contribution in [0.4, 0.5) is 0 Å². The highest BCUT2D eigenvalue weighted by atomic mass is 16.3. The first-order valence-corrected chi connectivity index (χ1v) is 7.64. The number of nitrogens with zero attached hydrogens (tertiary/aromatic N) is 1. The topological polar surface area (TPSA) is 40.5 Å². The van der Waals surface area contributed by atoms with Crippen LogP contribution < -0.4 is 0 Å². The van der Waals surface area contributed by atoms with Crippen molar-refractivity contribution in [3.05, 3.63) is 35.9 Å². The van der Waals surface area contributed by atoms with Crippen LogP contribution in [0.25, 0.3) is 0 Å². The molecule has 0 unspecified atom stereocenters. The average molecular weight is 275 g/mol. The van der Waals surface area contributed by atoms with Crippen molar-refractivity contribution in [2.75, 3.05) is 13.1 Å². The van der Waals surface area contributed by atoms with E-state index in [0.29, 0.717) is 6.42 Å². The normalized spacial score (nSPS) is 26.1. The molecule has 1 aromatic carbocycles. The van der Waals surface area contributed by atoms with E-state index in [4.69, 9.17) is 0 Å². The number of hydrogen-bond donors (Lipinski definition) is 1. The molecule has 2 rings (SSSR count). The SMILES string of the molecule is CC[C@H](O)[C@@H]1C[C@@]1(C(=O)N(CC)CC)c1ccccc1. The van der Waals surface area contributed by atoms with Crippen molar-refractivity contribution in [2.24, 2.45) is 5.92 Å². The Morgan fingerprint density at radius 2 is 1.90 bits per heavy atom. The van der Waals surface area contributed by atoms with Gasteiger partial charge in [0.1, 0.15) is 0 Å². The Morgan fingerprint density at radius 3 is 2.40 bits per heavy atom. The van der Waals surface area contributed by atoms with Gasteiger partial charge >= 0.3 is 0 Å². The number of benzene rings is 1. The van der Waals surface area contributed by atoms with Crippen molar-refractivity contribution >= 4 is 5.91 Å². The first kappa shape index (κ1) is 15.0. The van der Waals surface area contributed by atoms with E-state index < -0.39 is 11.5 Å². The van der Waals surface area contributed by atoms with Crippen molar-refractivity contribution in [1.82, 2.24) is 4.90 Å². The summed E-state index contributed by atoms with van der Waals surface area (Å²) in [6, 6.07) is 9.95. The van der Waals surface area contributed by atoms with E-state index in [2.05, 4.69) is 0 Å². The standard InChI is InChI=1S/C17H25NO2/c1-4-15(19)14-12-17(14,13-10-8-7-9-11-13)16(20)18(5-2)6-3/h7-11,14-15,19H,4-6,12H2,1-3H3/t14-,15-,17+/m0/s1. The minimum absolute atomic E-state index is 0.0583. The smallest absolute Gasteiger partial charge is 0.233 e. The molecule has 1 N–H and O–H groups in total. The molecule has 20 heavy (non-hydrogen) atoms. The van der Waals surface area contributed by atoms with Crippen molar-refractivity contribution in [1.29, 1.82) is 0 Å². The van der Waals surface area contributed by atoms with Crippen LogP contribution in [-0.4, -0.2) is 35.1 Å². The first-order chi connectivity index (χ1) is 9.61. The van der Waals surface area contributed by atoms with Gasteiger partial charge in [0.25, 0.3) is 0 Å². The van der Waals surface area contributed by atoms with Crippen molar-refractivity contribution in [3.63, 3.8) is 0 Å². The molecule has 1 aliphatic rings. The quantitative estimate of drug-likeness (QED) is 0.867. The second-order valence-corrected chi connectivity index (χ2v) is 5.60. The predicted octanol–water partition coefficient (Wildman–Crippen LogP) is 2.58. The monoisotopic (exact) mass is 275 g/mol. The van der Waals surface area contributed by atoms with Gasteiger partial charge in [0.15, 0.2) is 0 Å². The highest BCUT2D eigenvalue weighted by Gasteiger charge is 2.63. The van der Waals surface area contributed by atoms with Gasteiger partial charge in [0.05, 0.1) is 11.5 Å². The predicted molar refractivity (Wildman–Crippen MR) is 80.5 cm³/mol. The lowest BCUT2D eigenvalue weighted by molar-refractivity contribution is -0.134. The number of carbonyl (C=O) groups is 1. The van der Waals surface area contributed by atoms with E-state index in [1.807, 2.05) is 56.0 Å². The molecule has 0 bridgehead atoms. The van der Waals surface area contributed by atoms with Gasteiger partial charge in [-0.2, -0.15) is 0 Å². The van der Waals surface area contributed by atoms with E-state index >= 15 is 0 Å². The van der Waals surface area contributed by atoms with E-state index in [1.54, 1.807) is 0 Å².